The number of benzene rings is 1. The minimum absolute atomic E-state index is 0.0873. The summed E-state index contributed by atoms with van der Waals surface area (Å²) >= 11 is 1.72. The number of carbonyl (C=O) groups excluding carboxylic acids is 1. The van der Waals surface area contributed by atoms with E-state index in [2.05, 4.69) is 21.3 Å². The molecule has 0 radical (unpaired) electrons. The number of aliphatic hydroxyl groups excluding tert-OH is 1. The number of amides is 1. The number of carbonyl (C=O) groups is 1. The number of fused-ring (bicyclic) bond motifs is 1. The lowest BCUT2D eigenvalue weighted by molar-refractivity contribution is -0.125. The molecule has 2 N–H and O–H groups in total. The van der Waals surface area contributed by atoms with E-state index in [-0.39, 0.29) is 18.4 Å². The number of para-hydroxylation sites is 1. The van der Waals surface area contributed by atoms with E-state index < -0.39 is 0 Å². The van der Waals surface area contributed by atoms with Gasteiger partial charge in [0, 0.05) is 32.2 Å². The van der Waals surface area contributed by atoms with Gasteiger partial charge in [-0.25, -0.2) is 4.98 Å². The summed E-state index contributed by atoms with van der Waals surface area (Å²) in [7, 11) is 0. The number of nitrogens with zero attached hydrogens (tertiary/aromatic N) is 2. The summed E-state index contributed by atoms with van der Waals surface area (Å²) in [5.74, 6) is 0.210. The van der Waals surface area contributed by atoms with Gasteiger partial charge in [-0.15, -0.1) is 0 Å². The molecule has 0 atom stereocenters. The number of aromatic nitrogens is 1. The van der Waals surface area contributed by atoms with Gasteiger partial charge in [-0.2, -0.15) is 0 Å². The standard InChI is InChI=1S/C16H21N3O2S/c20-11-3-8-17-15(21)12-6-9-19(10-7-12)16-18-13-4-1-2-5-14(13)22-16/h1-2,4-5,12,20H,3,6-11H2,(H,17,21). The predicted molar refractivity (Wildman–Crippen MR) is 89.3 cm³/mol. The fraction of sp³-hybridized carbons (Fsp3) is 0.500. The van der Waals surface area contributed by atoms with Gasteiger partial charge in [-0.1, -0.05) is 23.5 Å². The fourth-order valence-corrected chi connectivity index (χ4v) is 3.78. The Bertz CT molecular complexity index is 602. The molecule has 5 nitrogen and oxygen atoms in total. The van der Waals surface area contributed by atoms with Crippen molar-refractivity contribution >= 4 is 32.6 Å². The Morgan fingerprint density at radius 1 is 1.36 bits per heavy atom. The van der Waals surface area contributed by atoms with Gasteiger partial charge in [0.15, 0.2) is 5.13 Å². The van der Waals surface area contributed by atoms with Crippen molar-refractivity contribution in [2.24, 2.45) is 5.92 Å². The zero-order chi connectivity index (χ0) is 15.4. The van der Waals surface area contributed by atoms with Gasteiger partial charge in [0.2, 0.25) is 5.91 Å². The number of piperidine rings is 1. The third-order valence-corrected chi connectivity index (χ3v) is 5.15. The van der Waals surface area contributed by atoms with Crippen LogP contribution in [0.15, 0.2) is 24.3 Å². The molecule has 1 aliphatic rings. The topological polar surface area (TPSA) is 65.5 Å². The SMILES string of the molecule is O=C(NCCCO)C1CCN(c2nc3ccccc3s2)CC1. The lowest BCUT2D eigenvalue weighted by Gasteiger charge is -2.31. The van der Waals surface area contributed by atoms with Crippen LogP contribution in [0.2, 0.25) is 0 Å². The molecule has 2 aromatic rings. The Balaban J connectivity index is 1.56. The molecule has 1 saturated heterocycles. The number of rotatable bonds is 5. The fourth-order valence-electron chi connectivity index (χ4n) is 2.76. The molecular weight excluding hydrogens is 298 g/mol. The summed E-state index contributed by atoms with van der Waals surface area (Å²) in [6, 6.07) is 8.18. The molecule has 0 spiro atoms. The third kappa shape index (κ3) is 3.39. The van der Waals surface area contributed by atoms with E-state index in [1.807, 2.05) is 18.2 Å². The first-order chi connectivity index (χ1) is 10.8. The normalized spacial score (nSPS) is 16.1. The Labute approximate surface area is 134 Å². The maximum absolute atomic E-state index is 12.0. The molecule has 0 saturated carbocycles. The lowest BCUT2D eigenvalue weighted by atomic mass is 9.96. The Morgan fingerprint density at radius 3 is 2.86 bits per heavy atom. The van der Waals surface area contributed by atoms with Gasteiger partial charge in [-0.05, 0) is 31.4 Å². The van der Waals surface area contributed by atoms with Crippen LogP contribution in [0.3, 0.4) is 0 Å². The van der Waals surface area contributed by atoms with Gasteiger partial charge in [0.1, 0.15) is 0 Å². The highest BCUT2D eigenvalue weighted by atomic mass is 32.1. The van der Waals surface area contributed by atoms with Crippen LogP contribution in [0.4, 0.5) is 5.13 Å². The van der Waals surface area contributed by atoms with Crippen LogP contribution in [0.1, 0.15) is 19.3 Å². The zero-order valence-corrected chi connectivity index (χ0v) is 13.3. The molecule has 1 aromatic carbocycles. The molecular formula is C16H21N3O2S. The summed E-state index contributed by atoms with van der Waals surface area (Å²) in [5.41, 5.74) is 1.05. The summed E-state index contributed by atoms with van der Waals surface area (Å²) in [6.45, 7) is 2.43. The van der Waals surface area contributed by atoms with Gasteiger partial charge in [-0.3, -0.25) is 4.79 Å². The Kier molecular flexibility index (Phi) is 4.90. The van der Waals surface area contributed by atoms with Crippen molar-refractivity contribution in [1.82, 2.24) is 10.3 Å². The molecule has 2 heterocycles. The van der Waals surface area contributed by atoms with E-state index in [1.165, 1.54) is 4.70 Å². The highest BCUT2D eigenvalue weighted by Crippen LogP contribution is 2.31. The van der Waals surface area contributed by atoms with Crippen LogP contribution < -0.4 is 10.2 Å². The molecule has 0 aliphatic carbocycles. The Hall–Kier alpha value is -1.66. The smallest absolute Gasteiger partial charge is 0.223 e. The van der Waals surface area contributed by atoms with E-state index in [4.69, 9.17) is 5.11 Å². The highest BCUT2D eigenvalue weighted by Gasteiger charge is 2.26. The van der Waals surface area contributed by atoms with Gasteiger partial charge in [0.25, 0.3) is 0 Å². The van der Waals surface area contributed by atoms with Crippen molar-refractivity contribution < 1.29 is 9.90 Å². The molecule has 1 fully saturated rings. The maximum atomic E-state index is 12.0. The quantitative estimate of drug-likeness (QED) is 0.828. The number of thiazole rings is 1. The van der Waals surface area contributed by atoms with Gasteiger partial charge in [0.05, 0.1) is 10.2 Å². The summed E-state index contributed by atoms with van der Waals surface area (Å²) in [6.07, 6.45) is 2.35. The number of aliphatic hydroxyl groups is 1. The van der Waals surface area contributed by atoms with Crippen LogP contribution in [-0.4, -0.2) is 42.2 Å². The molecule has 22 heavy (non-hydrogen) atoms. The summed E-state index contributed by atoms with van der Waals surface area (Å²) in [5, 5.41) is 12.7. The van der Waals surface area contributed by atoms with E-state index in [0.717, 1.165) is 36.6 Å². The van der Waals surface area contributed by atoms with Crippen LogP contribution in [0.25, 0.3) is 10.2 Å². The van der Waals surface area contributed by atoms with Crippen LogP contribution in [-0.2, 0) is 4.79 Å². The number of nitrogens with one attached hydrogen (secondary N) is 1. The van der Waals surface area contributed by atoms with Crippen molar-refractivity contribution in [3.8, 4) is 0 Å². The average Bonchev–Trinajstić information content (AvgIpc) is 2.99. The third-order valence-electron chi connectivity index (χ3n) is 4.05. The number of anilines is 1. The summed E-state index contributed by atoms with van der Waals surface area (Å²) < 4.78 is 1.21. The number of hydrogen-bond acceptors (Lipinski definition) is 5. The minimum atomic E-state index is 0.0873. The van der Waals surface area contributed by atoms with Crippen LogP contribution in [0.5, 0.6) is 0 Å². The van der Waals surface area contributed by atoms with E-state index in [9.17, 15) is 4.79 Å². The maximum Gasteiger partial charge on any atom is 0.223 e. The average molecular weight is 319 g/mol. The molecule has 1 amide bonds. The largest absolute Gasteiger partial charge is 0.396 e. The van der Waals surface area contributed by atoms with E-state index in [1.54, 1.807) is 11.3 Å². The first-order valence-corrected chi connectivity index (χ1v) is 8.58. The summed E-state index contributed by atoms with van der Waals surface area (Å²) in [4.78, 5) is 19.0. The minimum Gasteiger partial charge on any atom is -0.396 e. The van der Waals surface area contributed by atoms with E-state index in [0.29, 0.717) is 13.0 Å². The second-order valence-corrected chi connectivity index (χ2v) is 6.60. The van der Waals surface area contributed by atoms with Crippen molar-refractivity contribution in [1.29, 1.82) is 0 Å². The second-order valence-electron chi connectivity index (χ2n) is 5.59. The molecule has 3 rings (SSSR count). The zero-order valence-electron chi connectivity index (χ0n) is 12.5. The molecule has 1 aliphatic heterocycles. The van der Waals surface area contributed by atoms with E-state index >= 15 is 0 Å². The first-order valence-electron chi connectivity index (χ1n) is 7.77. The van der Waals surface area contributed by atoms with Crippen molar-refractivity contribution in [2.75, 3.05) is 31.1 Å². The molecule has 118 valence electrons. The molecule has 0 unspecified atom stereocenters. The molecule has 6 heteroatoms. The van der Waals surface area contributed by atoms with Crippen molar-refractivity contribution in [3.63, 3.8) is 0 Å². The monoisotopic (exact) mass is 319 g/mol. The molecule has 1 aromatic heterocycles. The first kappa shape index (κ1) is 15.2. The lowest BCUT2D eigenvalue weighted by Crippen LogP contribution is -2.40. The van der Waals surface area contributed by atoms with Crippen molar-refractivity contribution in [2.45, 2.75) is 19.3 Å². The predicted octanol–water partition coefficient (Wildman–Crippen LogP) is 2.01. The number of hydrogen-bond donors (Lipinski definition) is 2. The molecule has 0 bridgehead atoms. The van der Waals surface area contributed by atoms with Gasteiger partial charge < -0.3 is 15.3 Å². The van der Waals surface area contributed by atoms with Crippen LogP contribution in [0, 0.1) is 5.92 Å². The Morgan fingerprint density at radius 2 is 2.14 bits per heavy atom. The second kappa shape index (κ2) is 7.07. The van der Waals surface area contributed by atoms with Crippen molar-refractivity contribution in [3.05, 3.63) is 24.3 Å². The highest BCUT2D eigenvalue weighted by molar-refractivity contribution is 7.22. The van der Waals surface area contributed by atoms with Crippen LogP contribution >= 0.6 is 11.3 Å². The van der Waals surface area contributed by atoms with Gasteiger partial charge >= 0.3 is 0 Å².